The third-order valence-corrected chi connectivity index (χ3v) is 5.89. The Kier molecular flexibility index (Phi) is 6.54. The molecule has 1 N–H and O–H groups in total. The zero-order valence-corrected chi connectivity index (χ0v) is 19.0. The van der Waals surface area contributed by atoms with Crippen LogP contribution in [-0.2, 0) is 21.6 Å². The van der Waals surface area contributed by atoms with Crippen molar-refractivity contribution < 1.29 is 14.3 Å². The minimum atomic E-state index is -0.559. The average molecular weight is 464 g/mol. The normalized spacial score (nSPS) is 18.9. The fourth-order valence-corrected chi connectivity index (χ4v) is 4.02. The molecule has 0 radical (unpaired) electrons. The van der Waals surface area contributed by atoms with Gasteiger partial charge in [0.2, 0.25) is 5.91 Å². The van der Waals surface area contributed by atoms with Gasteiger partial charge in [-0.15, -0.1) is 0 Å². The summed E-state index contributed by atoms with van der Waals surface area (Å²) in [6, 6.07) is 12.7. The molecule has 1 aromatic carbocycles. The van der Waals surface area contributed by atoms with Crippen molar-refractivity contribution in [1.82, 2.24) is 15.0 Å². The van der Waals surface area contributed by atoms with Gasteiger partial charge >= 0.3 is 0 Å². The summed E-state index contributed by atoms with van der Waals surface area (Å²) in [4.78, 5) is 25.8. The highest BCUT2D eigenvalue weighted by Crippen LogP contribution is 2.55. The molecule has 33 heavy (non-hydrogen) atoms. The lowest BCUT2D eigenvalue weighted by atomic mass is 9.93. The Balaban J connectivity index is 1.56. The molecule has 2 atom stereocenters. The quantitative estimate of drug-likeness (QED) is 0.540. The maximum absolute atomic E-state index is 13.1. The van der Waals surface area contributed by atoms with Crippen LogP contribution in [0.4, 0.5) is 5.82 Å². The van der Waals surface area contributed by atoms with E-state index in [1.165, 1.54) is 6.20 Å². The number of carbonyl (C=O) groups excluding carboxylic acids is 1. The van der Waals surface area contributed by atoms with Crippen LogP contribution in [0.3, 0.4) is 0 Å². The van der Waals surface area contributed by atoms with Gasteiger partial charge in [0, 0.05) is 23.7 Å². The number of nitrogens with zero attached hydrogens (tertiary/aromatic N) is 4. The number of aromatic nitrogens is 3. The van der Waals surface area contributed by atoms with Gasteiger partial charge < -0.3 is 14.8 Å². The van der Waals surface area contributed by atoms with Crippen LogP contribution in [0.25, 0.3) is 0 Å². The number of pyridine rings is 1. The standard InChI is InChI=1S/C24H22ClN5O3/c1-15-27-12-21(20(29-15)13-32-2)33-14-24(17-4-3-5-18(25)8-17)9-19(24)23(31)30-22-7-6-16(10-26)11-28-22/h3-8,11-12,19H,9,13-14H2,1-2H3,(H,28,30,31). The van der Waals surface area contributed by atoms with Crippen molar-refractivity contribution in [1.29, 1.82) is 5.26 Å². The summed E-state index contributed by atoms with van der Waals surface area (Å²) < 4.78 is 11.4. The van der Waals surface area contributed by atoms with Gasteiger partial charge in [-0.2, -0.15) is 5.26 Å². The Labute approximate surface area is 196 Å². The first kappa shape index (κ1) is 22.6. The smallest absolute Gasteiger partial charge is 0.229 e. The van der Waals surface area contributed by atoms with Crippen LogP contribution in [0.5, 0.6) is 5.75 Å². The SMILES string of the molecule is COCc1nc(C)ncc1OCC1(c2cccc(Cl)c2)CC1C(=O)Nc1ccc(C#N)cn1. The molecule has 3 aromatic rings. The summed E-state index contributed by atoms with van der Waals surface area (Å²) in [5, 5.41) is 12.4. The van der Waals surface area contributed by atoms with E-state index in [1.54, 1.807) is 38.4 Å². The molecule has 1 aliphatic rings. The molecule has 0 spiro atoms. The zero-order valence-electron chi connectivity index (χ0n) is 18.2. The molecule has 168 valence electrons. The van der Waals surface area contributed by atoms with Crippen molar-refractivity contribution in [3.8, 4) is 11.8 Å². The Morgan fingerprint density at radius 2 is 2.15 bits per heavy atom. The topological polar surface area (TPSA) is 110 Å². The van der Waals surface area contributed by atoms with E-state index in [4.69, 9.17) is 26.3 Å². The van der Waals surface area contributed by atoms with Crippen LogP contribution in [0, 0.1) is 24.2 Å². The van der Waals surface area contributed by atoms with E-state index in [0.717, 1.165) is 5.56 Å². The molecule has 0 saturated heterocycles. The molecule has 1 fully saturated rings. The Morgan fingerprint density at radius 1 is 1.30 bits per heavy atom. The van der Waals surface area contributed by atoms with E-state index in [-0.39, 0.29) is 25.0 Å². The summed E-state index contributed by atoms with van der Waals surface area (Å²) in [5.41, 5.74) is 1.43. The van der Waals surface area contributed by atoms with E-state index < -0.39 is 5.41 Å². The summed E-state index contributed by atoms with van der Waals surface area (Å²) in [6.07, 6.45) is 3.63. The summed E-state index contributed by atoms with van der Waals surface area (Å²) in [7, 11) is 1.59. The number of amides is 1. The molecular formula is C24H22ClN5O3. The number of rotatable bonds is 8. The van der Waals surface area contributed by atoms with E-state index >= 15 is 0 Å². The highest BCUT2D eigenvalue weighted by Gasteiger charge is 2.60. The minimum Gasteiger partial charge on any atom is -0.489 e. The molecule has 2 aromatic heterocycles. The van der Waals surface area contributed by atoms with Crippen LogP contribution in [0.15, 0.2) is 48.8 Å². The van der Waals surface area contributed by atoms with Crippen molar-refractivity contribution in [2.45, 2.75) is 25.4 Å². The van der Waals surface area contributed by atoms with Gasteiger partial charge in [-0.25, -0.2) is 15.0 Å². The Bertz CT molecular complexity index is 1210. The van der Waals surface area contributed by atoms with Crippen LogP contribution >= 0.6 is 11.6 Å². The molecule has 1 amide bonds. The van der Waals surface area contributed by atoms with Crippen molar-refractivity contribution in [2.24, 2.45) is 5.92 Å². The molecule has 0 bridgehead atoms. The third-order valence-electron chi connectivity index (χ3n) is 5.65. The number of hydrogen-bond donors (Lipinski definition) is 1. The number of nitrogens with one attached hydrogen (secondary N) is 1. The first-order valence-corrected chi connectivity index (χ1v) is 10.7. The number of methoxy groups -OCH3 is 1. The second-order valence-electron chi connectivity index (χ2n) is 7.91. The lowest BCUT2D eigenvalue weighted by Crippen LogP contribution is -2.27. The van der Waals surface area contributed by atoms with Crippen LogP contribution < -0.4 is 10.1 Å². The van der Waals surface area contributed by atoms with Crippen molar-refractivity contribution in [3.63, 3.8) is 0 Å². The number of anilines is 1. The van der Waals surface area contributed by atoms with Gasteiger partial charge in [-0.3, -0.25) is 4.79 Å². The summed E-state index contributed by atoms with van der Waals surface area (Å²) >= 11 is 6.25. The minimum absolute atomic E-state index is 0.173. The third kappa shape index (κ3) is 4.95. The predicted molar refractivity (Wildman–Crippen MR) is 122 cm³/mol. The highest BCUT2D eigenvalue weighted by molar-refractivity contribution is 6.30. The second kappa shape index (κ2) is 9.53. The van der Waals surface area contributed by atoms with E-state index in [9.17, 15) is 4.79 Å². The number of carbonyl (C=O) groups is 1. The number of aryl methyl sites for hydroxylation is 1. The van der Waals surface area contributed by atoms with Crippen molar-refractivity contribution in [3.05, 3.63) is 76.5 Å². The molecule has 9 heteroatoms. The molecule has 0 aliphatic heterocycles. The van der Waals surface area contributed by atoms with Crippen molar-refractivity contribution in [2.75, 3.05) is 19.0 Å². The van der Waals surface area contributed by atoms with Gasteiger partial charge in [-0.05, 0) is 43.2 Å². The largest absolute Gasteiger partial charge is 0.489 e. The second-order valence-corrected chi connectivity index (χ2v) is 8.34. The number of benzene rings is 1. The monoisotopic (exact) mass is 463 g/mol. The molecule has 2 unspecified atom stereocenters. The maximum atomic E-state index is 13.1. The molecular weight excluding hydrogens is 442 g/mol. The van der Waals surface area contributed by atoms with Crippen LogP contribution in [-0.4, -0.2) is 34.6 Å². The molecule has 4 rings (SSSR count). The number of ether oxygens (including phenoxy) is 2. The fraction of sp³-hybridized carbons (Fsp3) is 0.292. The predicted octanol–water partition coefficient (Wildman–Crippen LogP) is 3.83. The average Bonchev–Trinajstić information content (AvgIpc) is 3.55. The van der Waals surface area contributed by atoms with E-state index in [2.05, 4.69) is 20.3 Å². The fourth-order valence-electron chi connectivity index (χ4n) is 3.83. The summed E-state index contributed by atoms with van der Waals surface area (Å²) in [6.45, 7) is 2.33. The maximum Gasteiger partial charge on any atom is 0.229 e. The van der Waals surface area contributed by atoms with Gasteiger partial charge in [0.1, 0.15) is 23.4 Å². The first-order chi connectivity index (χ1) is 15.9. The van der Waals surface area contributed by atoms with E-state index in [1.807, 2.05) is 24.3 Å². The molecule has 1 aliphatic carbocycles. The van der Waals surface area contributed by atoms with Gasteiger partial charge in [0.15, 0.2) is 5.75 Å². The zero-order chi connectivity index (χ0) is 23.4. The number of hydrogen-bond acceptors (Lipinski definition) is 7. The van der Waals surface area contributed by atoms with Gasteiger partial charge in [0.25, 0.3) is 0 Å². The van der Waals surface area contributed by atoms with Gasteiger partial charge in [0.05, 0.1) is 30.9 Å². The molecule has 1 saturated carbocycles. The van der Waals surface area contributed by atoms with Crippen molar-refractivity contribution >= 4 is 23.3 Å². The lowest BCUT2D eigenvalue weighted by Gasteiger charge is -2.20. The number of nitriles is 1. The van der Waals surface area contributed by atoms with Crippen LogP contribution in [0.2, 0.25) is 5.02 Å². The van der Waals surface area contributed by atoms with Crippen LogP contribution in [0.1, 0.15) is 29.1 Å². The number of halogens is 1. The molecule has 2 heterocycles. The summed E-state index contributed by atoms with van der Waals surface area (Å²) in [5.74, 6) is 1.01. The Hall–Kier alpha value is -3.54. The lowest BCUT2D eigenvalue weighted by molar-refractivity contribution is -0.117. The first-order valence-electron chi connectivity index (χ1n) is 10.3. The van der Waals surface area contributed by atoms with Gasteiger partial charge in [-0.1, -0.05) is 23.7 Å². The Morgan fingerprint density at radius 3 is 2.85 bits per heavy atom. The molecule has 8 nitrogen and oxygen atoms in total. The van der Waals surface area contributed by atoms with E-state index in [0.29, 0.717) is 40.1 Å². The highest BCUT2D eigenvalue weighted by atomic mass is 35.5.